The van der Waals surface area contributed by atoms with E-state index in [2.05, 4.69) is 0 Å². The number of amides is 1. The van der Waals surface area contributed by atoms with Crippen molar-refractivity contribution in [2.45, 2.75) is 18.9 Å². The fraction of sp³-hybridized carbons (Fsp3) is 0.833. The quantitative estimate of drug-likeness (QED) is 0.617. The van der Waals surface area contributed by atoms with Gasteiger partial charge in [0.25, 0.3) is 0 Å². The van der Waals surface area contributed by atoms with Crippen LogP contribution in [0.3, 0.4) is 0 Å². The largest absolute Gasteiger partial charge is 0.346 e. The summed E-state index contributed by atoms with van der Waals surface area (Å²) in [6, 6.07) is 0.105. The topological polar surface area (TPSA) is 46.3 Å². The molecule has 1 amide bonds. The summed E-state index contributed by atoms with van der Waals surface area (Å²) in [5, 5.41) is 0. The van der Waals surface area contributed by atoms with Gasteiger partial charge in [0.05, 0.1) is 0 Å². The van der Waals surface area contributed by atoms with Gasteiger partial charge in [-0.05, 0) is 6.42 Å². The van der Waals surface area contributed by atoms with Crippen LogP contribution in [0.25, 0.3) is 0 Å². The highest BCUT2D eigenvalue weighted by atomic mass is 35.5. The molecule has 5 heteroatoms. The van der Waals surface area contributed by atoms with Crippen molar-refractivity contribution in [3.05, 3.63) is 0 Å². The molecule has 1 saturated heterocycles. The summed E-state index contributed by atoms with van der Waals surface area (Å²) in [7, 11) is 1.81. The van der Waals surface area contributed by atoms with Crippen molar-refractivity contribution in [1.29, 1.82) is 0 Å². The maximum atomic E-state index is 10.9. The number of rotatable bonds is 0. The van der Waals surface area contributed by atoms with Crippen molar-refractivity contribution in [2.75, 3.05) is 13.6 Å². The molecule has 0 saturated carbocycles. The van der Waals surface area contributed by atoms with Crippen LogP contribution in [0.1, 0.15) is 12.8 Å². The molecule has 1 unspecified atom stereocenters. The van der Waals surface area contributed by atoms with Gasteiger partial charge < -0.3 is 10.6 Å². The SMILES string of the molecule is CN1CCC(N)CC1=O.Cl.Cl. The first kappa shape index (κ1) is 13.6. The Labute approximate surface area is 79.1 Å². The Balaban J connectivity index is 0. The summed E-state index contributed by atoms with van der Waals surface area (Å²) in [4.78, 5) is 12.6. The third-order valence-corrected chi connectivity index (χ3v) is 1.70. The van der Waals surface area contributed by atoms with Gasteiger partial charge in [0.15, 0.2) is 0 Å². The van der Waals surface area contributed by atoms with Gasteiger partial charge in [-0.3, -0.25) is 4.79 Å². The minimum Gasteiger partial charge on any atom is -0.346 e. The van der Waals surface area contributed by atoms with Gasteiger partial charge in [0, 0.05) is 26.1 Å². The molecule has 68 valence electrons. The van der Waals surface area contributed by atoms with Gasteiger partial charge in [0.1, 0.15) is 0 Å². The molecule has 2 N–H and O–H groups in total. The molecule has 1 aliphatic heterocycles. The first-order valence-corrected chi connectivity index (χ1v) is 3.19. The molecule has 1 rings (SSSR count). The molecule has 0 bridgehead atoms. The molecule has 1 atom stereocenters. The molecule has 0 aliphatic carbocycles. The highest BCUT2D eigenvalue weighted by molar-refractivity contribution is 5.85. The van der Waals surface area contributed by atoms with E-state index in [1.807, 2.05) is 7.05 Å². The van der Waals surface area contributed by atoms with Crippen LogP contribution in [-0.2, 0) is 4.79 Å². The second-order valence-corrected chi connectivity index (χ2v) is 2.57. The lowest BCUT2D eigenvalue weighted by Gasteiger charge is -2.25. The molecule has 0 radical (unpaired) electrons. The van der Waals surface area contributed by atoms with Crippen LogP contribution in [0, 0.1) is 0 Å². The lowest BCUT2D eigenvalue weighted by atomic mass is 10.1. The smallest absolute Gasteiger partial charge is 0.223 e. The van der Waals surface area contributed by atoms with Gasteiger partial charge in [-0.25, -0.2) is 0 Å². The molecule has 0 aromatic heterocycles. The van der Waals surface area contributed by atoms with Crippen LogP contribution in [0.5, 0.6) is 0 Å². The Morgan fingerprint density at radius 3 is 2.45 bits per heavy atom. The Morgan fingerprint density at radius 2 is 2.09 bits per heavy atom. The summed E-state index contributed by atoms with van der Waals surface area (Å²) < 4.78 is 0. The molecule has 1 aliphatic rings. The summed E-state index contributed by atoms with van der Waals surface area (Å²) in [5.41, 5.74) is 5.54. The van der Waals surface area contributed by atoms with E-state index in [0.29, 0.717) is 6.42 Å². The predicted octanol–water partition coefficient (Wildman–Crippen LogP) is 0.410. The summed E-state index contributed by atoms with van der Waals surface area (Å²) >= 11 is 0. The van der Waals surface area contributed by atoms with Crippen molar-refractivity contribution < 1.29 is 4.79 Å². The highest BCUT2D eigenvalue weighted by Crippen LogP contribution is 2.06. The fourth-order valence-corrected chi connectivity index (χ4v) is 0.966. The van der Waals surface area contributed by atoms with E-state index in [9.17, 15) is 4.79 Å². The average molecular weight is 201 g/mol. The minimum atomic E-state index is 0. The first-order chi connectivity index (χ1) is 4.20. The summed E-state index contributed by atoms with van der Waals surface area (Å²) in [6.07, 6.45) is 1.47. The zero-order valence-corrected chi connectivity index (χ0v) is 8.08. The van der Waals surface area contributed by atoms with Crippen molar-refractivity contribution in [2.24, 2.45) is 5.73 Å². The standard InChI is InChI=1S/C6H12N2O.2ClH/c1-8-3-2-5(7)4-6(8)9;;/h5H,2-4,7H2,1H3;2*1H. The van der Waals surface area contributed by atoms with Gasteiger partial charge in [-0.2, -0.15) is 0 Å². The Bertz CT molecular complexity index is 132. The lowest BCUT2D eigenvalue weighted by Crippen LogP contribution is -2.41. The minimum absolute atomic E-state index is 0. The third-order valence-electron chi connectivity index (χ3n) is 1.70. The van der Waals surface area contributed by atoms with E-state index in [4.69, 9.17) is 5.73 Å². The number of piperidine rings is 1. The second kappa shape index (κ2) is 5.63. The summed E-state index contributed by atoms with van der Waals surface area (Å²) in [5.74, 6) is 0.175. The van der Waals surface area contributed by atoms with E-state index in [1.54, 1.807) is 4.90 Å². The molecule has 0 spiro atoms. The van der Waals surface area contributed by atoms with E-state index in [1.165, 1.54) is 0 Å². The predicted molar refractivity (Wildman–Crippen MR) is 49.3 cm³/mol. The van der Waals surface area contributed by atoms with Gasteiger partial charge in [-0.1, -0.05) is 0 Å². The van der Waals surface area contributed by atoms with E-state index in [0.717, 1.165) is 13.0 Å². The Hall–Kier alpha value is 0.01000. The average Bonchev–Trinajstić information content (AvgIpc) is 1.80. The maximum absolute atomic E-state index is 10.9. The Morgan fingerprint density at radius 1 is 1.55 bits per heavy atom. The molecule has 1 fully saturated rings. The van der Waals surface area contributed by atoms with Crippen LogP contribution >= 0.6 is 24.8 Å². The van der Waals surface area contributed by atoms with Crippen LogP contribution in [0.4, 0.5) is 0 Å². The molecule has 1 heterocycles. The van der Waals surface area contributed by atoms with Crippen LogP contribution in [0.15, 0.2) is 0 Å². The number of halogens is 2. The molecular weight excluding hydrogens is 187 g/mol. The van der Waals surface area contributed by atoms with Crippen LogP contribution in [0.2, 0.25) is 0 Å². The summed E-state index contributed by atoms with van der Waals surface area (Å²) in [6.45, 7) is 0.819. The molecular formula is C6H14Cl2N2O. The van der Waals surface area contributed by atoms with E-state index >= 15 is 0 Å². The van der Waals surface area contributed by atoms with Gasteiger partial charge in [0.2, 0.25) is 5.91 Å². The van der Waals surface area contributed by atoms with Crippen molar-refractivity contribution in [1.82, 2.24) is 4.90 Å². The van der Waals surface area contributed by atoms with E-state index < -0.39 is 0 Å². The van der Waals surface area contributed by atoms with Crippen molar-refractivity contribution in [3.63, 3.8) is 0 Å². The number of hydrogen-bond acceptors (Lipinski definition) is 2. The number of carbonyl (C=O) groups is 1. The maximum Gasteiger partial charge on any atom is 0.223 e. The second-order valence-electron chi connectivity index (χ2n) is 2.57. The number of nitrogens with two attached hydrogens (primary N) is 1. The van der Waals surface area contributed by atoms with Gasteiger partial charge >= 0.3 is 0 Å². The lowest BCUT2D eigenvalue weighted by molar-refractivity contribution is -0.132. The highest BCUT2D eigenvalue weighted by Gasteiger charge is 2.19. The van der Waals surface area contributed by atoms with Crippen molar-refractivity contribution in [3.8, 4) is 0 Å². The number of likely N-dealkylation sites (tertiary alicyclic amines) is 1. The van der Waals surface area contributed by atoms with E-state index in [-0.39, 0.29) is 36.8 Å². The fourth-order valence-electron chi connectivity index (χ4n) is 0.966. The zero-order chi connectivity index (χ0) is 6.85. The number of nitrogens with zero attached hydrogens (tertiary/aromatic N) is 1. The Kier molecular flexibility index (Phi) is 6.96. The van der Waals surface area contributed by atoms with Crippen molar-refractivity contribution >= 4 is 30.7 Å². The number of carbonyl (C=O) groups excluding carboxylic acids is 1. The number of hydrogen-bond donors (Lipinski definition) is 1. The normalized spacial score (nSPS) is 23.6. The molecule has 11 heavy (non-hydrogen) atoms. The third kappa shape index (κ3) is 3.79. The monoisotopic (exact) mass is 200 g/mol. The van der Waals surface area contributed by atoms with Gasteiger partial charge in [-0.15, -0.1) is 24.8 Å². The first-order valence-electron chi connectivity index (χ1n) is 3.19. The molecule has 0 aromatic carbocycles. The zero-order valence-electron chi connectivity index (χ0n) is 6.45. The van der Waals surface area contributed by atoms with Crippen LogP contribution < -0.4 is 5.73 Å². The molecule has 3 nitrogen and oxygen atoms in total. The van der Waals surface area contributed by atoms with Crippen LogP contribution in [-0.4, -0.2) is 30.4 Å². The molecule has 0 aromatic rings.